The maximum absolute atomic E-state index is 13.3. The Labute approximate surface area is 192 Å². The number of nitrogens with zero attached hydrogens (tertiary/aromatic N) is 4. The predicted octanol–water partition coefficient (Wildman–Crippen LogP) is 4.82. The molecule has 8 heteroatoms. The van der Waals surface area contributed by atoms with Crippen molar-refractivity contribution in [2.45, 2.75) is 6.10 Å². The van der Waals surface area contributed by atoms with Crippen LogP contribution in [0.15, 0.2) is 79.5 Å². The Hall–Kier alpha value is -4.85. The van der Waals surface area contributed by atoms with Crippen LogP contribution >= 0.6 is 0 Å². The van der Waals surface area contributed by atoms with Gasteiger partial charge < -0.3 is 14.7 Å². The molecule has 1 unspecified atom stereocenters. The van der Waals surface area contributed by atoms with Gasteiger partial charge in [0.25, 0.3) is 0 Å². The van der Waals surface area contributed by atoms with Crippen LogP contribution in [0.5, 0.6) is 0 Å². The maximum Gasteiger partial charge on any atom is 0.341 e. The lowest BCUT2D eigenvalue weighted by molar-refractivity contribution is 0.0388. The van der Waals surface area contributed by atoms with Crippen molar-refractivity contribution in [2.24, 2.45) is 0 Å². The van der Waals surface area contributed by atoms with Crippen molar-refractivity contribution < 1.29 is 9.53 Å². The van der Waals surface area contributed by atoms with E-state index in [0.29, 0.717) is 16.7 Å². The van der Waals surface area contributed by atoms with E-state index in [-0.39, 0.29) is 0 Å². The van der Waals surface area contributed by atoms with Crippen LogP contribution in [0.4, 0.5) is 0 Å². The first-order valence-corrected chi connectivity index (χ1v) is 10.8. The summed E-state index contributed by atoms with van der Waals surface area (Å²) in [6.07, 6.45) is 6.02. The van der Waals surface area contributed by atoms with Gasteiger partial charge in [-0.05, 0) is 17.7 Å². The highest BCUT2D eigenvalue weighted by Gasteiger charge is 2.34. The zero-order valence-corrected chi connectivity index (χ0v) is 17.7. The molecule has 0 amide bonds. The van der Waals surface area contributed by atoms with Gasteiger partial charge >= 0.3 is 5.97 Å². The summed E-state index contributed by atoms with van der Waals surface area (Å²) in [6, 6.07) is 17.5. The SMILES string of the molecule is O=C(OC1c2ccccc2-c2c(-c3nc4ccncc4[nH]3)cccc21)c1ccnc2nc[nH]c12. The number of pyridine rings is 2. The van der Waals surface area contributed by atoms with Gasteiger partial charge in [-0.25, -0.2) is 19.7 Å². The fourth-order valence-corrected chi connectivity index (χ4v) is 4.71. The minimum Gasteiger partial charge on any atom is -0.449 e. The first kappa shape index (κ1) is 18.7. The first-order chi connectivity index (χ1) is 16.8. The highest BCUT2D eigenvalue weighted by atomic mass is 16.5. The first-order valence-electron chi connectivity index (χ1n) is 10.8. The number of H-pyrrole nitrogens is 2. The number of carbonyl (C=O) groups is 1. The molecule has 34 heavy (non-hydrogen) atoms. The van der Waals surface area contributed by atoms with Gasteiger partial charge in [0.15, 0.2) is 11.8 Å². The van der Waals surface area contributed by atoms with Crippen LogP contribution in [0.2, 0.25) is 0 Å². The standard InChI is InChI=1S/C26H16N6O2/c33-26(18-8-11-28-25-22(18)29-13-30-25)34-23-15-5-2-1-4-14(15)21-16(23)6-3-7-17(21)24-31-19-9-10-27-12-20(19)32-24/h1-13,23H,(H,31,32)(H,28,29,30). The summed E-state index contributed by atoms with van der Waals surface area (Å²) in [5, 5.41) is 0. The number of hydrogen-bond donors (Lipinski definition) is 2. The number of benzene rings is 2. The van der Waals surface area contributed by atoms with Crippen LogP contribution in [0.3, 0.4) is 0 Å². The van der Waals surface area contributed by atoms with Crippen molar-refractivity contribution in [3.05, 3.63) is 96.2 Å². The van der Waals surface area contributed by atoms with Gasteiger partial charge in [0.2, 0.25) is 0 Å². The van der Waals surface area contributed by atoms with Crippen molar-refractivity contribution in [2.75, 3.05) is 0 Å². The number of aromatic nitrogens is 6. The van der Waals surface area contributed by atoms with E-state index in [2.05, 4.69) is 31.0 Å². The van der Waals surface area contributed by atoms with Crippen molar-refractivity contribution >= 4 is 28.2 Å². The summed E-state index contributed by atoms with van der Waals surface area (Å²) in [6.45, 7) is 0. The third kappa shape index (κ3) is 2.69. The van der Waals surface area contributed by atoms with Gasteiger partial charge in [-0.15, -0.1) is 0 Å². The summed E-state index contributed by atoms with van der Waals surface area (Å²) in [5.41, 5.74) is 7.96. The third-order valence-corrected chi connectivity index (χ3v) is 6.20. The summed E-state index contributed by atoms with van der Waals surface area (Å²) >= 11 is 0. The fourth-order valence-electron chi connectivity index (χ4n) is 4.71. The molecule has 7 rings (SSSR count). The number of carbonyl (C=O) groups excluding carboxylic acids is 1. The molecule has 0 spiro atoms. The molecule has 4 aromatic heterocycles. The third-order valence-electron chi connectivity index (χ3n) is 6.20. The van der Waals surface area contributed by atoms with Crippen molar-refractivity contribution in [1.29, 1.82) is 0 Å². The van der Waals surface area contributed by atoms with Crippen molar-refractivity contribution in [3.63, 3.8) is 0 Å². The van der Waals surface area contributed by atoms with E-state index in [1.807, 2.05) is 42.5 Å². The van der Waals surface area contributed by atoms with E-state index in [4.69, 9.17) is 9.72 Å². The van der Waals surface area contributed by atoms with E-state index < -0.39 is 12.1 Å². The lowest BCUT2D eigenvalue weighted by Crippen LogP contribution is -2.11. The molecule has 0 saturated heterocycles. The molecule has 0 aliphatic heterocycles. The van der Waals surface area contributed by atoms with E-state index in [0.717, 1.165) is 44.7 Å². The average Bonchev–Trinajstić information content (AvgIpc) is 3.60. The minimum absolute atomic E-state index is 0.398. The van der Waals surface area contributed by atoms with Gasteiger partial charge in [0.1, 0.15) is 5.82 Å². The highest BCUT2D eigenvalue weighted by molar-refractivity contribution is 6.01. The molecule has 1 atom stereocenters. The largest absolute Gasteiger partial charge is 0.449 e. The van der Waals surface area contributed by atoms with E-state index >= 15 is 0 Å². The minimum atomic E-state index is -0.546. The fraction of sp³-hybridized carbons (Fsp3) is 0.0385. The average molecular weight is 444 g/mol. The Balaban J connectivity index is 1.36. The van der Waals surface area contributed by atoms with Crippen molar-refractivity contribution in [1.82, 2.24) is 29.9 Å². The zero-order chi connectivity index (χ0) is 22.6. The van der Waals surface area contributed by atoms with Gasteiger partial charge in [0.05, 0.1) is 34.6 Å². The lowest BCUT2D eigenvalue weighted by atomic mass is 9.99. The molecule has 0 fully saturated rings. The highest BCUT2D eigenvalue weighted by Crippen LogP contribution is 2.49. The number of hydrogen-bond acceptors (Lipinski definition) is 6. The molecule has 0 radical (unpaired) electrons. The Bertz CT molecular complexity index is 1700. The van der Waals surface area contributed by atoms with Crippen LogP contribution in [-0.4, -0.2) is 35.9 Å². The molecule has 6 aromatic rings. The molecule has 0 saturated carbocycles. The number of imidazole rings is 2. The number of aromatic amines is 2. The van der Waals surface area contributed by atoms with Gasteiger partial charge in [0, 0.05) is 34.6 Å². The van der Waals surface area contributed by atoms with E-state index in [1.165, 1.54) is 6.33 Å². The summed E-state index contributed by atoms with van der Waals surface area (Å²) < 4.78 is 6.12. The van der Waals surface area contributed by atoms with Crippen LogP contribution in [0.25, 0.3) is 44.7 Å². The van der Waals surface area contributed by atoms with Crippen LogP contribution in [-0.2, 0) is 4.74 Å². The molecule has 1 aliphatic carbocycles. The summed E-state index contributed by atoms with van der Waals surface area (Å²) in [5.74, 6) is 0.305. The maximum atomic E-state index is 13.3. The number of nitrogens with one attached hydrogen (secondary N) is 2. The van der Waals surface area contributed by atoms with Gasteiger partial charge in [-0.2, -0.15) is 0 Å². The molecule has 0 bridgehead atoms. The molecule has 1 aliphatic rings. The normalized spacial score (nSPS) is 14.3. The monoisotopic (exact) mass is 444 g/mol. The summed E-state index contributed by atoms with van der Waals surface area (Å²) in [7, 11) is 0. The Kier molecular flexibility index (Phi) is 3.89. The van der Waals surface area contributed by atoms with Gasteiger partial charge in [-0.3, -0.25) is 4.98 Å². The number of rotatable bonds is 3. The molecule has 2 aromatic carbocycles. The number of fused-ring (bicyclic) bond motifs is 5. The molecule has 162 valence electrons. The lowest BCUT2D eigenvalue weighted by Gasteiger charge is -2.15. The Morgan fingerprint density at radius 1 is 0.912 bits per heavy atom. The van der Waals surface area contributed by atoms with E-state index in [9.17, 15) is 4.79 Å². The molecule has 8 nitrogen and oxygen atoms in total. The summed E-state index contributed by atoms with van der Waals surface area (Å²) in [4.78, 5) is 36.9. The van der Waals surface area contributed by atoms with Crippen LogP contribution < -0.4 is 0 Å². The van der Waals surface area contributed by atoms with Crippen molar-refractivity contribution in [3.8, 4) is 22.5 Å². The second-order valence-corrected chi connectivity index (χ2v) is 8.08. The Morgan fingerprint density at radius 3 is 2.74 bits per heavy atom. The predicted molar refractivity (Wildman–Crippen MR) is 126 cm³/mol. The molecular weight excluding hydrogens is 428 g/mol. The topological polar surface area (TPSA) is 109 Å². The molecular formula is C26H16N6O2. The van der Waals surface area contributed by atoms with Crippen LogP contribution in [0.1, 0.15) is 27.6 Å². The van der Waals surface area contributed by atoms with E-state index in [1.54, 1.807) is 24.7 Å². The number of ether oxygens (including phenoxy) is 1. The number of esters is 1. The molecule has 4 heterocycles. The quantitative estimate of drug-likeness (QED) is 0.379. The smallest absolute Gasteiger partial charge is 0.341 e. The second kappa shape index (κ2) is 7.08. The van der Waals surface area contributed by atoms with Gasteiger partial charge in [-0.1, -0.05) is 42.5 Å². The van der Waals surface area contributed by atoms with Crippen LogP contribution in [0, 0.1) is 0 Å². The zero-order valence-electron chi connectivity index (χ0n) is 17.7. The Morgan fingerprint density at radius 2 is 1.79 bits per heavy atom. The second-order valence-electron chi connectivity index (χ2n) is 8.08. The molecule has 2 N–H and O–H groups in total.